The van der Waals surface area contributed by atoms with E-state index >= 15 is 0 Å². The molecule has 0 radical (unpaired) electrons. The number of para-hydroxylation sites is 1. The van der Waals surface area contributed by atoms with Gasteiger partial charge in [0.25, 0.3) is 0 Å². The zero-order valence-electron chi connectivity index (χ0n) is 8.92. The van der Waals surface area contributed by atoms with Crippen LogP contribution in [0.5, 0.6) is 0 Å². The summed E-state index contributed by atoms with van der Waals surface area (Å²) in [6.45, 7) is 4.38. The van der Waals surface area contributed by atoms with Gasteiger partial charge in [-0.2, -0.15) is 0 Å². The largest absolute Gasteiger partial charge is 0.399 e. The molecule has 0 saturated carbocycles. The quantitative estimate of drug-likeness (QED) is 0.535. The summed E-state index contributed by atoms with van der Waals surface area (Å²) in [7, 11) is 0. The topological polar surface area (TPSA) is 38.0 Å². The van der Waals surface area contributed by atoms with Crippen molar-refractivity contribution in [2.75, 3.05) is 18.8 Å². The van der Waals surface area contributed by atoms with E-state index in [-0.39, 0.29) is 0 Å². The molecule has 1 aromatic carbocycles. The van der Waals surface area contributed by atoms with Gasteiger partial charge in [-0.1, -0.05) is 25.1 Å². The van der Waals surface area contributed by atoms with Gasteiger partial charge in [0, 0.05) is 5.69 Å². The lowest BCUT2D eigenvalue weighted by molar-refractivity contribution is 0.640. The molecule has 0 bridgehead atoms. The molecule has 0 fully saturated rings. The molecule has 3 N–H and O–H groups in total. The molecule has 14 heavy (non-hydrogen) atoms. The lowest BCUT2D eigenvalue weighted by Crippen LogP contribution is -2.16. The lowest BCUT2D eigenvalue weighted by Gasteiger charge is -2.05. The zero-order valence-corrected chi connectivity index (χ0v) is 8.92. The molecule has 0 aliphatic carbocycles. The van der Waals surface area contributed by atoms with Crippen molar-refractivity contribution < 1.29 is 0 Å². The van der Waals surface area contributed by atoms with E-state index < -0.39 is 0 Å². The van der Waals surface area contributed by atoms with E-state index in [1.54, 1.807) is 0 Å². The van der Waals surface area contributed by atoms with E-state index in [0.29, 0.717) is 0 Å². The molecule has 0 amide bonds. The van der Waals surface area contributed by atoms with Crippen molar-refractivity contribution >= 4 is 5.69 Å². The molecule has 0 heterocycles. The summed E-state index contributed by atoms with van der Waals surface area (Å²) in [5.41, 5.74) is 8.03. The standard InChI is InChI=1S/C12H20N2/c1-2-9-14-10-5-7-11-6-3-4-8-12(11)13/h3-4,6,8,14H,2,5,7,9-10,13H2,1H3. The average molecular weight is 192 g/mol. The molecule has 0 spiro atoms. The van der Waals surface area contributed by atoms with Crippen molar-refractivity contribution in [2.24, 2.45) is 0 Å². The first kappa shape index (κ1) is 11.1. The molecule has 1 rings (SSSR count). The maximum absolute atomic E-state index is 5.84. The Labute approximate surface area is 86.5 Å². The lowest BCUT2D eigenvalue weighted by atomic mass is 10.1. The summed E-state index contributed by atoms with van der Waals surface area (Å²) in [5.74, 6) is 0. The Morgan fingerprint density at radius 2 is 2.00 bits per heavy atom. The summed E-state index contributed by atoms with van der Waals surface area (Å²) in [5, 5.41) is 3.38. The Bertz CT molecular complexity index is 258. The molecule has 0 saturated heterocycles. The minimum absolute atomic E-state index is 0.919. The van der Waals surface area contributed by atoms with E-state index in [0.717, 1.165) is 31.6 Å². The van der Waals surface area contributed by atoms with Crippen LogP contribution in [0.1, 0.15) is 25.3 Å². The summed E-state index contributed by atoms with van der Waals surface area (Å²) in [6, 6.07) is 8.10. The molecular weight excluding hydrogens is 172 g/mol. The molecular formula is C12H20N2. The van der Waals surface area contributed by atoms with E-state index in [1.165, 1.54) is 12.0 Å². The van der Waals surface area contributed by atoms with Gasteiger partial charge in [-0.05, 0) is 44.0 Å². The smallest absolute Gasteiger partial charge is 0.0346 e. The van der Waals surface area contributed by atoms with Crippen LogP contribution < -0.4 is 11.1 Å². The predicted octanol–water partition coefficient (Wildman–Crippen LogP) is 2.20. The van der Waals surface area contributed by atoms with Gasteiger partial charge in [0.1, 0.15) is 0 Å². The van der Waals surface area contributed by atoms with Gasteiger partial charge in [0.05, 0.1) is 0 Å². The molecule has 2 nitrogen and oxygen atoms in total. The predicted molar refractivity (Wildman–Crippen MR) is 62.3 cm³/mol. The monoisotopic (exact) mass is 192 g/mol. The van der Waals surface area contributed by atoms with Crippen molar-refractivity contribution in [3.63, 3.8) is 0 Å². The second-order valence-electron chi connectivity index (χ2n) is 3.55. The maximum Gasteiger partial charge on any atom is 0.0346 e. The van der Waals surface area contributed by atoms with Gasteiger partial charge in [-0.15, -0.1) is 0 Å². The fourth-order valence-electron chi connectivity index (χ4n) is 1.47. The highest BCUT2D eigenvalue weighted by Gasteiger charge is 1.96. The average Bonchev–Trinajstić information content (AvgIpc) is 2.20. The van der Waals surface area contributed by atoms with Crippen LogP contribution in [0.3, 0.4) is 0 Å². The molecule has 78 valence electrons. The number of benzene rings is 1. The van der Waals surface area contributed by atoms with Gasteiger partial charge in [0.15, 0.2) is 0 Å². The first-order chi connectivity index (χ1) is 6.84. The Morgan fingerprint density at radius 1 is 1.21 bits per heavy atom. The second kappa shape index (κ2) is 6.44. The normalized spacial score (nSPS) is 10.4. The number of hydrogen-bond donors (Lipinski definition) is 2. The van der Waals surface area contributed by atoms with E-state index in [2.05, 4.69) is 18.3 Å². The SMILES string of the molecule is CCCNCCCc1ccccc1N. The number of anilines is 1. The van der Waals surface area contributed by atoms with Crippen LogP contribution in [0.15, 0.2) is 24.3 Å². The summed E-state index contributed by atoms with van der Waals surface area (Å²) < 4.78 is 0. The maximum atomic E-state index is 5.84. The Kier molecular flexibility index (Phi) is 5.08. The molecule has 0 aliphatic rings. The van der Waals surface area contributed by atoms with Gasteiger partial charge in [-0.25, -0.2) is 0 Å². The number of rotatable bonds is 6. The molecule has 0 aliphatic heterocycles. The van der Waals surface area contributed by atoms with Crippen LogP contribution >= 0.6 is 0 Å². The number of nitrogens with two attached hydrogens (primary N) is 1. The first-order valence-electron chi connectivity index (χ1n) is 5.38. The third kappa shape index (κ3) is 3.79. The molecule has 1 aromatic rings. The summed E-state index contributed by atoms with van der Waals surface area (Å²) in [6.07, 6.45) is 3.44. The van der Waals surface area contributed by atoms with Gasteiger partial charge in [-0.3, -0.25) is 0 Å². The van der Waals surface area contributed by atoms with Crippen LogP contribution in [0.2, 0.25) is 0 Å². The fourth-order valence-corrected chi connectivity index (χ4v) is 1.47. The van der Waals surface area contributed by atoms with E-state index in [4.69, 9.17) is 5.73 Å². The third-order valence-electron chi connectivity index (χ3n) is 2.28. The number of nitrogen functional groups attached to an aromatic ring is 1. The third-order valence-corrected chi connectivity index (χ3v) is 2.28. The van der Waals surface area contributed by atoms with Gasteiger partial charge in [0.2, 0.25) is 0 Å². The second-order valence-corrected chi connectivity index (χ2v) is 3.55. The van der Waals surface area contributed by atoms with Crippen LogP contribution in [-0.4, -0.2) is 13.1 Å². The van der Waals surface area contributed by atoms with Gasteiger partial charge >= 0.3 is 0 Å². The molecule has 0 aromatic heterocycles. The minimum Gasteiger partial charge on any atom is -0.399 e. The van der Waals surface area contributed by atoms with Crippen LogP contribution in [0.25, 0.3) is 0 Å². The highest BCUT2D eigenvalue weighted by molar-refractivity contribution is 5.46. The van der Waals surface area contributed by atoms with Crippen LogP contribution in [-0.2, 0) is 6.42 Å². The fraction of sp³-hybridized carbons (Fsp3) is 0.500. The van der Waals surface area contributed by atoms with Crippen LogP contribution in [0.4, 0.5) is 5.69 Å². The number of nitrogens with one attached hydrogen (secondary N) is 1. The Balaban J connectivity index is 2.21. The minimum atomic E-state index is 0.919. The van der Waals surface area contributed by atoms with Crippen molar-refractivity contribution in [1.82, 2.24) is 5.32 Å². The van der Waals surface area contributed by atoms with E-state index in [9.17, 15) is 0 Å². The highest BCUT2D eigenvalue weighted by atomic mass is 14.8. The van der Waals surface area contributed by atoms with Crippen molar-refractivity contribution in [3.8, 4) is 0 Å². The Morgan fingerprint density at radius 3 is 2.71 bits per heavy atom. The van der Waals surface area contributed by atoms with Gasteiger partial charge < -0.3 is 11.1 Å². The summed E-state index contributed by atoms with van der Waals surface area (Å²) >= 11 is 0. The van der Waals surface area contributed by atoms with Crippen molar-refractivity contribution in [3.05, 3.63) is 29.8 Å². The number of hydrogen-bond acceptors (Lipinski definition) is 2. The highest BCUT2D eigenvalue weighted by Crippen LogP contribution is 2.11. The van der Waals surface area contributed by atoms with Crippen LogP contribution in [0, 0.1) is 0 Å². The molecule has 2 heteroatoms. The first-order valence-corrected chi connectivity index (χ1v) is 5.38. The molecule has 0 atom stereocenters. The zero-order chi connectivity index (χ0) is 10.2. The van der Waals surface area contributed by atoms with Crippen molar-refractivity contribution in [1.29, 1.82) is 0 Å². The number of aryl methyl sites for hydroxylation is 1. The summed E-state index contributed by atoms with van der Waals surface area (Å²) in [4.78, 5) is 0. The van der Waals surface area contributed by atoms with E-state index in [1.807, 2.05) is 18.2 Å². The Hall–Kier alpha value is -1.02. The molecule has 0 unspecified atom stereocenters. The van der Waals surface area contributed by atoms with Crippen molar-refractivity contribution in [2.45, 2.75) is 26.2 Å².